The first-order valence-electron chi connectivity index (χ1n) is 8.04. The van der Waals surface area contributed by atoms with Gasteiger partial charge in [-0.25, -0.2) is 8.78 Å². The van der Waals surface area contributed by atoms with Gasteiger partial charge in [0.15, 0.2) is 0 Å². The van der Waals surface area contributed by atoms with Crippen molar-refractivity contribution in [3.05, 3.63) is 35.4 Å². The Balaban J connectivity index is 1.64. The maximum absolute atomic E-state index is 13.8. The second-order valence-electron chi connectivity index (χ2n) is 6.17. The molecule has 0 aliphatic carbocycles. The van der Waals surface area contributed by atoms with Crippen LogP contribution >= 0.6 is 11.8 Å². The summed E-state index contributed by atoms with van der Waals surface area (Å²) in [7, 11) is 0. The summed E-state index contributed by atoms with van der Waals surface area (Å²) in [5.74, 6) is -1.13. The Labute approximate surface area is 139 Å². The van der Waals surface area contributed by atoms with E-state index >= 15 is 0 Å². The number of thioether (sulfide) groups is 1. The molecule has 0 spiro atoms. The standard InChI is InChI=1S/C17H21F2NO2S/c1-11-15(6-8-22-11)23-16-3-2-7-20(17(16)21)10-12-4-5-13(18)9-14(12)19/h4-5,9,11,15-16H,2-3,6-8,10H2,1H3/t11-,15+,16+/m0/s1. The fourth-order valence-electron chi connectivity index (χ4n) is 3.15. The maximum atomic E-state index is 13.8. The highest BCUT2D eigenvalue weighted by Crippen LogP contribution is 2.34. The van der Waals surface area contributed by atoms with Gasteiger partial charge in [0, 0.05) is 36.6 Å². The lowest BCUT2D eigenvalue weighted by atomic mass is 10.1. The van der Waals surface area contributed by atoms with Crippen molar-refractivity contribution in [2.75, 3.05) is 13.2 Å². The van der Waals surface area contributed by atoms with Crippen LogP contribution in [0, 0.1) is 11.6 Å². The number of ether oxygens (including phenoxy) is 1. The molecule has 23 heavy (non-hydrogen) atoms. The number of carbonyl (C=O) groups is 1. The zero-order valence-corrected chi connectivity index (χ0v) is 14.0. The lowest BCUT2D eigenvalue weighted by Crippen LogP contribution is -2.43. The van der Waals surface area contributed by atoms with E-state index in [1.807, 2.05) is 6.92 Å². The number of likely N-dealkylation sites (tertiary alicyclic amines) is 1. The van der Waals surface area contributed by atoms with Crippen molar-refractivity contribution < 1.29 is 18.3 Å². The zero-order chi connectivity index (χ0) is 16.4. The Kier molecular flexibility index (Phi) is 5.21. The molecule has 3 atom stereocenters. The molecule has 1 aromatic carbocycles. The zero-order valence-electron chi connectivity index (χ0n) is 13.1. The van der Waals surface area contributed by atoms with E-state index < -0.39 is 11.6 Å². The number of rotatable bonds is 4. The van der Waals surface area contributed by atoms with E-state index in [9.17, 15) is 13.6 Å². The minimum absolute atomic E-state index is 0.0593. The topological polar surface area (TPSA) is 29.5 Å². The van der Waals surface area contributed by atoms with Gasteiger partial charge >= 0.3 is 0 Å². The van der Waals surface area contributed by atoms with Crippen LogP contribution in [0.3, 0.4) is 0 Å². The van der Waals surface area contributed by atoms with Gasteiger partial charge in [0.2, 0.25) is 5.91 Å². The largest absolute Gasteiger partial charge is 0.377 e. The third-order valence-electron chi connectivity index (χ3n) is 4.50. The normalized spacial score (nSPS) is 28.4. The summed E-state index contributed by atoms with van der Waals surface area (Å²) in [4.78, 5) is 14.4. The van der Waals surface area contributed by atoms with Gasteiger partial charge < -0.3 is 9.64 Å². The second-order valence-corrected chi connectivity index (χ2v) is 7.61. The highest BCUT2D eigenvalue weighted by molar-refractivity contribution is 8.01. The van der Waals surface area contributed by atoms with Gasteiger partial charge in [-0.05, 0) is 32.3 Å². The average Bonchev–Trinajstić information content (AvgIpc) is 2.91. The molecule has 2 saturated heterocycles. The second kappa shape index (κ2) is 7.18. The molecule has 0 aromatic heterocycles. The third-order valence-corrected chi connectivity index (χ3v) is 6.24. The monoisotopic (exact) mass is 341 g/mol. The Bertz CT molecular complexity index is 584. The maximum Gasteiger partial charge on any atom is 0.236 e. The van der Waals surface area contributed by atoms with Gasteiger partial charge in [-0.1, -0.05) is 6.07 Å². The molecule has 2 fully saturated rings. The van der Waals surface area contributed by atoms with Gasteiger partial charge in [-0.3, -0.25) is 4.79 Å². The Morgan fingerprint density at radius 3 is 2.87 bits per heavy atom. The molecular formula is C17H21F2NO2S. The SMILES string of the molecule is C[C@@H]1OCC[C@H]1S[C@@H]1CCCN(Cc2ccc(F)cc2F)C1=O. The van der Waals surface area contributed by atoms with E-state index in [0.29, 0.717) is 17.4 Å². The fraction of sp³-hybridized carbons (Fsp3) is 0.588. The number of amides is 1. The molecule has 6 heteroatoms. The number of piperidine rings is 1. The quantitative estimate of drug-likeness (QED) is 0.841. The Hall–Kier alpha value is -1.14. The molecule has 0 saturated carbocycles. The summed E-state index contributed by atoms with van der Waals surface area (Å²) >= 11 is 1.70. The van der Waals surface area contributed by atoms with E-state index in [2.05, 4.69) is 0 Å². The van der Waals surface area contributed by atoms with Gasteiger partial charge in [0.25, 0.3) is 0 Å². The minimum Gasteiger partial charge on any atom is -0.377 e. The van der Waals surface area contributed by atoms with E-state index in [1.54, 1.807) is 16.7 Å². The lowest BCUT2D eigenvalue weighted by Gasteiger charge is -2.33. The predicted molar refractivity (Wildman–Crippen MR) is 86.2 cm³/mol. The first-order valence-corrected chi connectivity index (χ1v) is 8.98. The number of nitrogens with zero attached hydrogens (tertiary/aromatic N) is 1. The van der Waals surface area contributed by atoms with Crippen molar-refractivity contribution in [2.45, 2.75) is 49.3 Å². The van der Waals surface area contributed by atoms with Crippen molar-refractivity contribution in [1.82, 2.24) is 4.90 Å². The summed E-state index contributed by atoms with van der Waals surface area (Å²) < 4.78 is 32.4. The molecule has 3 rings (SSSR count). The molecular weight excluding hydrogens is 320 g/mol. The highest BCUT2D eigenvalue weighted by atomic mass is 32.2. The molecule has 2 aliphatic rings. The van der Waals surface area contributed by atoms with Crippen molar-refractivity contribution in [3.8, 4) is 0 Å². The van der Waals surface area contributed by atoms with Crippen LogP contribution in [0.25, 0.3) is 0 Å². The minimum atomic E-state index is -0.597. The number of hydrogen-bond donors (Lipinski definition) is 0. The molecule has 1 aromatic rings. The van der Waals surface area contributed by atoms with Crippen LogP contribution in [0.15, 0.2) is 18.2 Å². The van der Waals surface area contributed by atoms with Gasteiger partial charge in [0.05, 0.1) is 11.4 Å². The first kappa shape index (κ1) is 16.7. The molecule has 1 amide bonds. The van der Waals surface area contributed by atoms with E-state index in [4.69, 9.17) is 4.74 Å². The number of hydrogen-bond acceptors (Lipinski definition) is 3. The lowest BCUT2D eigenvalue weighted by molar-refractivity contribution is -0.133. The van der Waals surface area contributed by atoms with E-state index in [-0.39, 0.29) is 23.8 Å². The molecule has 0 N–H and O–H groups in total. The average molecular weight is 341 g/mol. The summed E-state index contributed by atoms with van der Waals surface area (Å²) in [6.07, 6.45) is 2.92. The van der Waals surface area contributed by atoms with E-state index in [0.717, 1.165) is 31.9 Å². The molecule has 0 radical (unpaired) electrons. The van der Waals surface area contributed by atoms with Gasteiger partial charge in [0.1, 0.15) is 11.6 Å². The summed E-state index contributed by atoms with van der Waals surface area (Å²) in [5.41, 5.74) is 0.364. The highest BCUT2D eigenvalue weighted by Gasteiger charge is 2.35. The number of halogens is 2. The molecule has 0 unspecified atom stereocenters. The molecule has 2 aliphatic heterocycles. The van der Waals surface area contributed by atoms with Crippen molar-refractivity contribution >= 4 is 17.7 Å². The van der Waals surface area contributed by atoms with Gasteiger partial charge in [-0.2, -0.15) is 0 Å². The fourth-order valence-corrected chi connectivity index (χ4v) is 4.67. The summed E-state index contributed by atoms with van der Waals surface area (Å²) in [6, 6.07) is 3.52. The van der Waals surface area contributed by atoms with Crippen LogP contribution in [0.4, 0.5) is 8.78 Å². The smallest absolute Gasteiger partial charge is 0.236 e. The molecule has 126 valence electrons. The molecule has 0 bridgehead atoms. The van der Waals surface area contributed by atoms with Crippen molar-refractivity contribution in [3.63, 3.8) is 0 Å². The van der Waals surface area contributed by atoms with Crippen molar-refractivity contribution in [2.24, 2.45) is 0 Å². The number of carbonyl (C=O) groups excluding carboxylic acids is 1. The van der Waals surface area contributed by atoms with Crippen LogP contribution in [-0.4, -0.2) is 40.6 Å². The van der Waals surface area contributed by atoms with Crippen LogP contribution in [0.2, 0.25) is 0 Å². The first-order chi connectivity index (χ1) is 11.0. The predicted octanol–water partition coefficient (Wildman–Crippen LogP) is 3.37. The summed E-state index contributed by atoms with van der Waals surface area (Å²) in [5, 5.41) is 0.271. The van der Waals surface area contributed by atoms with Crippen LogP contribution < -0.4 is 0 Å². The Morgan fingerprint density at radius 1 is 1.35 bits per heavy atom. The number of benzene rings is 1. The van der Waals surface area contributed by atoms with Gasteiger partial charge in [-0.15, -0.1) is 11.8 Å². The third kappa shape index (κ3) is 3.86. The van der Waals surface area contributed by atoms with Crippen LogP contribution in [0.1, 0.15) is 31.7 Å². The summed E-state index contributed by atoms with van der Waals surface area (Å²) in [6.45, 7) is 3.63. The van der Waals surface area contributed by atoms with E-state index in [1.165, 1.54) is 12.1 Å². The van der Waals surface area contributed by atoms with Crippen molar-refractivity contribution in [1.29, 1.82) is 0 Å². The van der Waals surface area contributed by atoms with Crippen LogP contribution in [0.5, 0.6) is 0 Å². The van der Waals surface area contributed by atoms with Crippen LogP contribution in [-0.2, 0) is 16.1 Å². The Morgan fingerprint density at radius 2 is 2.17 bits per heavy atom. The molecule has 3 nitrogen and oxygen atoms in total. The molecule has 2 heterocycles.